The van der Waals surface area contributed by atoms with Crippen LogP contribution in [-0.4, -0.2) is 38.8 Å². The van der Waals surface area contributed by atoms with E-state index >= 15 is 0 Å². The molecule has 0 saturated carbocycles. The fourth-order valence-electron chi connectivity index (χ4n) is 2.64. The van der Waals surface area contributed by atoms with Crippen LogP contribution in [0.5, 0.6) is 0 Å². The molecule has 158 valence electrons. The standard InChI is InChI=1S/C22H25FN4O3/c1-21(2,3)29-20(28)27(6)22(4,5)19-25-18(26-30-19)17-11-10-15(13-24-17)14-8-7-9-16(23)12-14/h7-13H,1-6H3. The van der Waals surface area contributed by atoms with Gasteiger partial charge in [-0.25, -0.2) is 9.18 Å². The molecule has 7 nitrogen and oxygen atoms in total. The van der Waals surface area contributed by atoms with Crippen LogP contribution in [0.15, 0.2) is 47.1 Å². The lowest BCUT2D eigenvalue weighted by Gasteiger charge is -2.33. The number of halogens is 1. The molecule has 2 aromatic heterocycles. The minimum atomic E-state index is -0.894. The first kappa shape index (κ1) is 21.4. The van der Waals surface area contributed by atoms with Gasteiger partial charge < -0.3 is 9.26 Å². The van der Waals surface area contributed by atoms with E-state index in [9.17, 15) is 9.18 Å². The van der Waals surface area contributed by atoms with Crippen LogP contribution in [0.25, 0.3) is 22.6 Å². The Morgan fingerprint density at radius 3 is 2.43 bits per heavy atom. The molecule has 0 atom stereocenters. The molecule has 8 heteroatoms. The number of hydrogen-bond donors (Lipinski definition) is 0. The van der Waals surface area contributed by atoms with Crippen molar-refractivity contribution in [3.8, 4) is 22.6 Å². The van der Waals surface area contributed by atoms with Gasteiger partial charge in [-0.2, -0.15) is 4.98 Å². The van der Waals surface area contributed by atoms with Crippen LogP contribution in [0.3, 0.4) is 0 Å². The van der Waals surface area contributed by atoms with Gasteiger partial charge in [-0.1, -0.05) is 23.4 Å². The Morgan fingerprint density at radius 2 is 1.83 bits per heavy atom. The molecule has 0 fully saturated rings. The Hall–Kier alpha value is -3.29. The van der Waals surface area contributed by atoms with E-state index in [4.69, 9.17) is 9.26 Å². The van der Waals surface area contributed by atoms with E-state index in [2.05, 4.69) is 15.1 Å². The van der Waals surface area contributed by atoms with E-state index in [1.54, 1.807) is 66.1 Å². The minimum absolute atomic E-state index is 0.252. The summed E-state index contributed by atoms with van der Waals surface area (Å²) in [6.07, 6.45) is 1.13. The molecule has 2 heterocycles. The maximum absolute atomic E-state index is 13.4. The van der Waals surface area contributed by atoms with E-state index in [0.717, 1.165) is 11.1 Å². The van der Waals surface area contributed by atoms with Crippen molar-refractivity contribution in [2.75, 3.05) is 7.05 Å². The summed E-state index contributed by atoms with van der Waals surface area (Å²) in [7, 11) is 1.62. The average Bonchev–Trinajstić information content (AvgIpc) is 3.17. The molecular formula is C22H25FN4O3. The number of carbonyl (C=O) groups is 1. The zero-order valence-electron chi connectivity index (χ0n) is 17.9. The van der Waals surface area contributed by atoms with Crippen LogP contribution in [0.1, 0.15) is 40.5 Å². The quantitative estimate of drug-likeness (QED) is 0.597. The molecule has 0 N–H and O–H groups in total. The summed E-state index contributed by atoms with van der Waals surface area (Å²) in [6, 6.07) is 9.83. The number of amides is 1. The second-order valence-electron chi connectivity index (χ2n) is 8.46. The smallest absolute Gasteiger partial charge is 0.410 e. The molecule has 0 saturated heterocycles. The van der Waals surface area contributed by atoms with Crippen LogP contribution in [0.2, 0.25) is 0 Å². The molecule has 3 aromatic rings. The van der Waals surface area contributed by atoms with Gasteiger partial charge in [-0.3, -0.25) is 9.88 Å². The molecule has 0 spiro atoms. The SMILES string of the molecule is CN(C(=O)OC(C)(C)C)C(C)(C)c1nc(-c2ccc(-c3cccc(F)c3)cn2)no1. The highest BCUT2D eigenvalue weighted by Crippen LogP contribution is 2.29. The number of ether oxygens (including phenoxy) is 1. The number of aromatic nitrogens is 3. The van der Waals surface area contributed by atoms with Crippen molar-refractivity contribution in [3.05, 3.63) is 54.3 Å². The monoisotopic (exact) mass is 412 g/mol. The van der Waals surface area contributed by atoms with Gasteiger partial charge in [0.2, 0.25) is 5.82 Å². The van der Waals surface area contributed by atoms with Crippen molar-refractivity contribution >= 4 is 6.09 Å². The number of carbonyl (C=O) groups excluding carboxylic acids is 1. The van der Waals surface area contributed by atoms with Crippen molar-refractivity contribution in [3.63, 3.8) is 0 Å². The Labute approximate surface area is 174 Å². The average molecular weight is 412 g/mol. The largest absolute Gasteiger partial charge is 0.444 e. The molecule has 0 aliphatic heterocycles. The second kappa shape index (κ2) is 7.85. The number of nitrogens with zero attached hydrogens (tertiary/aromatic N) is 4. The number of hydrogen-bond acceptors (Lipinski definition) is 6. The predicted molar refractivity (Wildman–Crippen MR) is 110 cm³/mol. The molecular weight excluding hydrogens is 387 g/mol. The Balaban J connectivity index is 1.80. The summed E-state index contributed by atoms with van der Waals surface area (Å²) in [4.78, 5) is 22.6. The van der Waals surface area contributed by atoms with Crippen molar-refractivity contribution < 1.29 is 18.4 Å². The van der Waals surface area contributed by atoms with Crippen molar-refractivity contribution in [1.29, 1.82) is 0 Å². The van der Waals surface area contributed by atoms with E-state index in [1.165, 1.54) is 17.0 Å². The minimum Gasteiger partial charge on any atom is -0.444 e. The van der Waals surface area contributed by atoms with Gasteiger partial charge in [0.1, 0.15) is 22.7 Å². The third-order valence-electron chi connectivity index (χ3n) is 4.61. The highest BCUT2D eigenvalue weighted by atomic mass is 19.1. The summed E-state index contributed by atoms with van der Waals surface area (Å²) >= 11 is 0. The topological polar surface area (TPSA) is 81.4 Å². The highest BCUT2D eigenvalue weighted by Gasteiger charge is 2.37. The van der Waals surface area contributed by atoms with E-state index in [1.807, 2.05) is 6.07 Å². The van der Waals surface area contributed by atoms with Gasteiger partial charge >= 0.3 is 6.09 Å². The third kappa shape index (κ3) is 4.64. The highest BCUT2D eigenvalue weighted by molar-refractivity contribution is 5.69. The normalized spacial score (nSPS) is 12.0. The third-order valence-corrected chi connectivity index (χ3v) is 4.61. The predicted octanol–water partition coefficient (Wildman–Crippen LogP) is 5.04. The summed E-state index contributed by atoms with van der Waals surface area (Å²) in [6.45, 7) is 8.98. The van der Waals surface area contributed by atoms with Crippen LogP contribution < -0.4 is 0 Å². The molecule has 1 amide bonds. The Morgan fingerprint density at radius 1 is 1.10 bits per heavy atom. The van der Waals surface area contributed by atoms with E-state index in [0.29, 0.717) is 11.5 Å². The summed E-state index contributed by atoms with van der Waals surface area (Å²) in [5.41, 5.74) is 0.486. The first-order valence-corrected chi connectivity index (χ1v) is 9.51. The lowest BCUT2D eigenvalue weighted by atomic mass is 10.0. The fraction of sp³-hybridized carbons (Fsp3) is 0.364. The van der Waals surface area contributed by atoms with E-state index in [-0.39, 0.29) is 11.7 Å². The van der Waals surface area contributed by atoms with Crippen molar-refractivity contribution in [2.24, 2.45) is 0 Å². The molecule has 0 radical (unpaired) electrons. The molecule has 0 aliphatic rings. The van der Waals surface area contributed by atoms with Gasteiger partial charge in [-0.15, -0.1) is 0 Å². The molecule has 3 rings (SSSR count). The first-order chi connectivity index (χ1) is 14.0. The van der Waals surface area contributed by atoms with Crippen LogP contribution in [-0.2, 0) is 10.3 Å². The van der Waals surface area contributed by atoms with E-state index < -0.39 is 17.2 Å². The Kier molecular flexibility index (Phi) is 5.61. The van der Waals surface area contributed by atoms with Gasteiger partial charge in [0.05, 0.1) is 0 Å². The van der Waals surface area contributed by atoms with Crippen LogP contribution in [0, 0.1) is 5.82 Å². The summed E-state index contributed by atoms with van der Waals surface area (Å²) in [5, 5.41) is 4.00. The first-order valence-electron chi connectivity index (χ1n) is 9.51. The second-order valence-corrected chi connectivity index (χ2v) is 8.46. The van der Waals surface area contributed by atoms with Crippen LogP contribution in [0.4, 0.5) is 9.18 Å². The molecule has 0 unspecified atom stereocenters. The van der Waals surface area contributed by atoms with Gasteiger partial charge in [0, 0.05) is 18.8 Å². The number of benzene rings is 1. The number of pyridine rings is 1. The lowest BCUT2D eigenvalue weighted by molar-refractivity contribution is 0.00472. The van der Waals surface area contributed by atoms with Gasteiger partial charge in [0.25, 0.3) is 5.89 Å². The maximum Gasteiger partial charge on any atom is 0.410 e. The van der Waals surface area contributed by atoms with Crippen molar-refractivity contribution in [1.82, 2.24) is 20.0 Å². The zero-order valence-corrected chi connectivity index (χ0v) is 17.9. The molecule has 0 aliphatic carbocycles. The van der Waals surface area contributed by atoms with Crippen molar-refractivity contribution in [2.45, 2.75) is 45.8 Å². The summed E-state index contributed by atoms with van der Waals surface area (Å²) < 4.78 is 24.3. The number of rotatable bonds is 4. The fourth-order valence-corrected chi connectivity index (χ4v) is 2.64. The Bertz CT molecular complexity index is 1040. The maximum atomic E-state index is 13.4. The lowest BCUT2D eigenvalue weighted by Crippen LogP contribution is -2.45. The zero-order chi connectivity index (χ0) is 22.1. The summed E-state index contributed by atoms with van der Waals surface area (Å²) in [5.74, 6) is 0.235. The van der Waals surface area contributed by atoms with Crippen LogP contribution >= 0.6 is 0 Å². The molecule has 1 aromatic carbocycles. The molecule has 0 bridgehead atoms. The molecule has 30 heavy (non-hydrogen) atoms. The van der Waals surface area contributed by atoms with Gasteiger partial charge in [-0.05, 0) is 58.4 Å². The van der Waals surface area contributed by atoms with Gasteiger partial charge in [0.15, 0.2) is 0 Å².